The largest absolute Gasteiger partial charge is 0.493 e. The number of carbonyl (C=O) groups excluding carboxylic acids is 1. The van der Waals surface area contributed by atoms with E-state index in [4.69, 9.17) is 4.74 Å². The summed E-state index contributed by atoms with van der Waals surface area (Å²) in [7, 11) is 0. The first kappa shape index (κ1) is 12.7. The molecule has 2 bridgehead atoms. The monoisotopic (exact) mass is 258 g/mol. The fraction of sp³-hybridized carbons (Fsp3) is 0.588. The zero-order valence-electron chi connectivity index (χ0n) is 11.6. The fourth-order valence-corrected chi connectivity index (χ4v) is 3.79. The Labute approximate surface area is 115 Å². The highest BCUT2D eigenvalue weighted by Crippen LogP contribution is 2.48. The molecule has 2 fully saturated rings. The Bertz CT molecular complexity index is 466. The van der Waals surface area contributed by atoms with Crippen LogP contribution in [0.1, 0.15) is 49.4 Å². The smallest absolute Gasteiger partial charge is 0.166 e. The Hall–Kier alpha value is -1.31. The van der Waals surface area contributed by atoms with Gasteiger partial charge in [0, 0.05) is 6.42 Å². The third-order valence-electron chi connectivity index (χ3n) is 4.85. The van der Waals surface area contributed by atoms with E-state index in [2.05, 4.69) is 0 Å². The van der Waals surface area contributed by atoms with E-state index in [0.717, 1.165) is 29.8 Å². The Morgan fingerprint density at radius 2 is 2.11 bits per heavy atom. The van der Waals surface area contributed by atoms with Gasteiger partial charge >= 0.3 is 0 Å². The van der Waals surface area contributed by atoms with Gasteiger partial charge in [0.25, 0.3) is 0 Å². The molecule has 2 heteroatoms. The Kier molecular flexibility index (Phi) is 3.58. The van der Waals surface area contributed by atoms with Gasteiger partial charge in [-0.2, -0.15) is 0 Å². The van der Waals surface area contributed by atoms with Crippen molar-refractivity contribution in [2.75, 3.05) is 6.61 Å². The van der Waals surface area contributed by atoms with Crippen molar-refractivity contribution < 1.29 is 9.53 Å². The maximum atomic E-state index is 11.9. The van der Waals surface area contributed by atoms with Crippen molar-refractivity contribution in [2.45, 2.75) is 39.0 Å². The third-order valence-corrected chi connectivity index (χ3v) is 4.85. The van der Waals surface area contributed by atoms with Crippen molar-refractivity contribution in [1.82, 2.24) is 0 Å². The van der Waals surface area contributed by atoms with E-state index in [1.807, 2.05) is 31.2 Å². The summed E-state index contributed by atoms with van der Waals surface area (Å²) >= 11 is 0. The molecule has 0 amide bonds. The third kappa shape index (κ3) is 2.54. The lowest BCUT2D eigenvalue weighted by atomic mass is 9.89. The Morgan fingerprint density at radius 3 is 2.79 bits per heavy atom. The Balaban J connectivity index is 1.65. The van der Waals surface area contributed by atoms with Crippen LogP contribution in [0.5, 0.6) is 5.75 Å². The molecule has 3 rings (SSSR count). The predicted octanol–water partition coefficient (Wildman–Crippen LogP) is 4.09. The summed E-state index contributed by atoms with van der Waals surface area (Å²) in [6.45, 7) is 2.68. The van der Waals surface area contributed by atoms with Crippen LogP contribution in [-0.4, -0.2) is 12.4 Å². The van der Waals surface area contributed by atoms with Crippen LogP contribution >= 0.6 is 0 Å². The molecule has 3 unspecified atom stereocenters. The van der Waals surface area contributed by atoms with Gasteiger partial charge in [-0.05, 0) is 49.1 Å². The summed E-state index contributed by atoms with van der Waals surface area (Å²) in [5.41, 5.74) is 0.744. The molecule has 1 aromatic rings. The maximum Gasteiger partial charge on any atom is 0.166 e. The van der Waals surface area contributed by atoms with Crippen molar-refractivity contribution in [3.05, 3.63) is 29.8 Å². The second-order valence-electron chi connectivity index (χ2n) is 6.02. The van der Waals surface area contributed by atoms with Crippen LogP contribution in [0, 0.1) is 17.8 Å². The minimum Gasteiger partial charge on any atom is -0.493 e. The second-order valence-corrected chi connectivity index (χ2v) is 6.02. The molecule has 2 nitrogen and oxygen atoms in total. The van der Waals surface area contributed by atoms with E-state index in [1.165, 1.54) is 25.7 Å². The van der Waals surface area contributed by atoms with Crippen LogP contribution in [0.4, 0.5) is 0 Å². The van der Waals surface area contributed by atoms with Crippen molar-refractivity contribution in [3.63, 3.8) is 0 Å². The topological polar surface area (TPSA) is 26.3 Å². The molecule has 0 aliphatic heterocycles. The molecular formula is C17H22O2. The molecule has 102 valence electrons. The molecule has 3 atom stereocenters. The minimum absolute atomic E-state index is 0.170. The normalized spacial score (nSPS) is 28.6. The van der Waals surface area contributed by atoms with Gasteiger partial charge in [0.05, 0.1) is 12.2 Å². The first-order valence-electron chi connectivity index (χ1n) is 7.53. The van der Waals surface area contributed by atoms with Gasteiger partial charge in [-0.15, -0.1) is 0 Å². The predicted molar refractivity (Wildman–Crippen MR) is 75.5 cm³/mol. The van der Waals surface area contributed by atoms with Gasteiger partial charge < -0.3 is 4.74 Å². The number of rotatable bonds is 5. The molecule has 2 aliphatic carbocycles. The van der Waals surface area contributed by atoms with E-state index >= 15 is 0 Å². The molecule has 0 radical (unpaired) electrons. The van der Waals surface area contributed by atoms with E-state index in [1.54, 1.807) is 0 Å². The van der Waals surface area contributed by atoms with E-state index in [-0.39, 0.29) is 5.78 Å². The summed E-state index contributed by atoms with van der Waals surface area (Å²) in [5.74, 6) is 3.48. The summed E-state index contributed by atoms with van der Waals surface area (Å²) in [5, 5.41) is 0. The average Bonchev–Trinajstić information content (AvgIpc) is 3.07. The molecule has 2 saturated carbocycles. The van der Waals surface area contributed by atoms with Gasteiger partial charge in [-0.1, -0.05) is 25.5 Å². The number of benzene rings is 1. The number of Topliss-reactive ketones (excluding diaryl/α,β-unsaturated/α-hetero) is 1. The van der Waals surface area contributed by atoms with Crippen molar-refractivity contribution in [2.24, 2.45) is 17.8 Å². The van der Waals surface area contributed by atoms with Crippen LogP contribution in [0.2, 0.25) is 0 Å². The number of hydrogen-bond acceptors (Lipinski definition) is 2. The standard InChI is InChI=1S/C17H22O2/c1-2-16(18)15-5-3-4-6-17(15)19-11-14-10-12-7-8-13(14)9-12/h3-6,12-14H,2,7-11H2,1H3. The molecule has 0 spiro atoms. The minimum atomic E-state index is 0.170. The molecule has 0 aromatic heterocycles. The van der Waals surface area contributed by atoms with Crippen LogP contribution in [0.25, 0.3) is 0 Å². The van der Waals surface area contributed by atoms with Crippen molar-refractivity contribution >= 4 is 5.78 Å². The van der Waals surface area contributed by atoms with Gasteiger partial charge in [0.15, 0.2) is 5.78 Å². The molecule has 0 saturated heterocycles. The fourth-order valence-electron chi connectivity index (χ4n) is 3.79. The lowest BCUT2D eigenvalue weighted by molar-refractivity contribution is 0.0982. The molecular weight excluding hydrogens is 236 g/mol. The lowest BCUT2D eigenvalue weighted by Gasteiger charge is -2.22. The quantitative estimate of drug-likeness (QED) is 0.743. The molecule has 0 N–H and O–H groups in total. The highest BCUT2D eigenvalue weighted by atomic mass is 16.5. The number of hydrogen-bond donors (Lipinski definition) is 0. The van der Waals surface area contributed by atoms with Gasteiger partial charge in [-0.3, -0.25) is 4.79 Å². The SMILES string of the molecule is CCC(=O)c1ccccc1OCC1CC2CCC1C2. The summed E-state index contributed by atoms with van der Waals surface area (Å²) in [6.07, 6.45) is 6.08. The van der Waals surface area contributed by atoms with Gasteiger partial charge in [0.1, 0.15) is 5.75 Å². The molecule has 2 aliphatic rings. The first-order chi connectivity index (χ1) is 9.28. The number of ketones is 1. The number of fused-ring (bicyclic) bond motifs is 2. The molecule has 19 heavy (non-hydrogen) atoms. The molecule has 0 heterocycles. The zero-order valence-corrected chi connectivity index (χ0v) is 11.6. The van der Waals surface area contributed by atoms with Gasteiger partial charge in [0.2, 0.25) is 0 Å². The zero-order chi connectivity index (χ0) is 13.2. The first-order valence-corrected chi connectivity index (χ1v) is 7.53. The van der Waals surface area contributed by atoms with Crippen LogP contribution in [-0.2, 0) is 0 Å². The summed E-state index contributed by atoms with van der Waals surface area (Å²) in [4.78, 5) is 11.9. The average molecular weight is 258 g/mol. The van der Waals surface area contributed by atoms with Crippen molar-refractivity contribution in [1.29, 1.82) is 0 Å². The maximum absolute atomic E-state index is 11.9. The van der Waals surface area contributed by atoms with E-state index in [9.17, 15) is 4.79 Å². The van der Waals surface area contributed by atoms with Crippen LogP contribution < -0.4 is 4.74 Å². The Morgan fingerprint density at radius 1 is 1.26 bits per heavy atom. The number of carbonyl (C=O) groups is 1. The number of ether oxygens (including phenoxy) is 1. The lowest BCUT2D eigenvalue weighted by Crippen LogP contribution is -2.19. The van der Waals surface area contributed by atoms with Crippen LogP contribution in [0.3, 0.4) is 0 Å². The van der Waals surface area contributed by atoms with Crippen molar-refractivity contribution in [3.8, 4) is 5.75 Å². The van der Waals surface area contributed by atoms with E-state index < -0.39 is 0 Å². The van der Waals surface area contributed by atoms with Gasteiger partial charge in [-0.25, -0.2) is 0 Å². The summed E-state index contributed by atoms with van der Waals surface area (Å²) < 4.78 is 5.98. The summed E-state index contributed by atoms with van der Waals surface area (Å²) in [6, 6.07) is 7.66. The van der Waals surface area contributed by atoms with E-state index in [0.29, 0.717) is 12.3 Å². The van der Waals surface area contributed by atoms with Crippen LogP contribution in [0.15, 0.2) is 24.3 Å². The molecule has 1 aromatic carbocycles. The second kappa shape index (κ2) is 5.36. The highest BCUT2D eigenvalue weighted by molar-refractivity contribution is 5.98. The highest BCUT2D eigenvalue weighted by Gasteiger charge is 2.39. The number of para-hydroxylation sites is 1.